The van der Waals surface area contributed by atoms with Gasteiger partial charge in [0.15, 0.2) is 11.6 Å². The van der Waals surface area contributed by atoms with Crippen LogP contribution in [0.5, 0.6) is 0 Å². The van der Waals surface area contributed by atoms with Gasteiger partial charge in [0.05, 0.1) is 8.07 Å². The molecule has 2 aromatic carbocycles. The molecule has 34 heavy (non-hydrogen) atoms. The summed E-state index contributed by atoms with van der Waals surface area (Å²) in [6, 6.07) is 19.2. The fourth-order valence-electron chi connectivity index (χ4n) is 6.87. The Morgan fingerprint density at radius 3 is 1.71 bits per heavy atom. The summed E-state index contributed by atoms with van der Waals surface area (Å²) in [4.78, 5) is 28.3. The van der Waals surface area contributed by atoms with Crippen molar-refractivity contribution in [2.45, 2.75) is 51.2 Å². The van der Waals surface area contributed by atoms with E-state index in [0.717, 1.165) is 11.1 Å². The summed E-state index contributed by atoms with van der Waals surface area (Å²) in [5.41, 5.74) is 3.73. The van der Waals surface area contributed by atoms with Gasteiger partial charge in [-0.2, -0.15) is 0 Å². The highest BCUT2D eigenvalue weighted by Gasteiger charge is 2.62. The maximum Gasteiger partial charge on any atom is 0.190 e. The third-order valence-electron chi connectivity index (χ3n) is 8.50. The first-order chi connectivity index (χ1) is 16.0. The molecule has 4 aliphatic carbocycles. The van der Waals surface area contributed by atoms with Crippen molar-refractivity contribution in [1.82, 2.24) is 0 Å². The second-order valence-corrected chi connectivity index (χ2v) is 23.1. The van der Waals surface area contributed by atoms with Crippen molar-refractivity contribution in [3.05, 3.63) is 94.2 Å². The predicted molar refractivity (Wildman–Crippen MR) is 146 cm³/mol. The van der Waals surface area contributed by atoms with Gasteiger partial charge in [-0.25, -0.2) is 0 Å². The van der Waals surface area contributed by atoms with Gasteiger partial charge >= 0.3 is 0 Å². The van der Waals surface area contributed by atoms with E-state index in [1.54, 1.807) is 0 Å². The predicted octanol–water partition coefficient (Wildman–Crippen LogP) is 7.46. The average Bonchev–Trinajstić information content (AvgIpc) is 2.76. The van der Waals surface area contributed by atoms with E-state index in [0.29, 0.717) is 28.5 Å². The molecule has 2 nitrogen and oxygen atoms in total. The van der Waals surface area contributed by atoms with Crippen molar-refractivity contribution in [2.75, 3.05) is 0 Å². The molecule has 0 heterocycles. The van der Waals surface area contributed by atoms with Crippen LogP contribution in [0.25, 0.3) is 0 Å². The van der Waals surface area contributed by atoms with Gasteiger partial charge in [-0.1, -0.05) is 111 Å². The number of Topliss-reactive ketones (excluding diaryl/α,β-unsaturated/α-hetero) is 2. The molecule has 5 atom stereocenters. The molecule has 6 rings (SSSR count). The van der Waals surface area contributed by atoms with Gasteiger partial charge < -0.3 is 0 Å². The number of allylic oxidation sites excluding steroid dienone is 4. The fraction of sp³-hybridized carbons (Fsp3) is 0.400. The lowest BCUT2D eigenvalue weighted by atomic mass is 9.49. The summed E-state index contributed by atoms with van der Waals surface area (Å²) in [5.74, 6) is 1.30. The van der Waals surface area contributed by atoms with Crippen molar-refractivity contribution in [1.29, 1.82) is 0 Å². The first kappa shape index (κ1) is 23.4. The molecule has 0 spiro atoms. The fourth-order valence-corrected chi connectivity index (χ4v) is 11.4. The molecule has 4 aliphatic rings. The van der Waals surface area contributed by atoms with Gasteiger partial charge in [-0.05, 0) is 23.8 Å². The van der Waals surface area contributed by atoms with Gasteiger partial charge in [-0.3, -0.25) is 9.59 Å². The van der Waals surface area contributed by atoms with Gasteiger partial charge in [0, 0.05) is 42.2 Å². The number of hydrogen-bond donors (Lipinski definition) is 0. The van der Waals surface area contributed by atoms with E-state index in [1.807, 2.05) is 60.7 Å². The van der Waals surface area contributed by atoms with Crippen molar-refractivity contribution < 1.29 is 9.59 Å². The standard InChI is InChI=1S/C30H36O2Si2/c1-33(2,3)23-17-21-22-18-24(34(4,5)6)27(25(21)23)28(30(32)20-15-11-8-12-16-20)26(22)29(31)19-13-9-7-10-14-19/h7-16,18,21-23,25,27H,17H2,1-6H3/t21-,22+,23+,25+,27-/m1/s1. The van der Waals surface area contributed by atoms with Crippen molar-refractivity contribution in [3.8, 4) is 0 Å². The Morgan fingerprint density at radius 2 is 1.24 bits per heavy atom. The van der Waals surface area contributed by atoms with Crippen molar-refractivity contribution in [2.24, 2.45) is 23.7 Å². The monoisotopic (exact) mass is 484 g/mol. The van der Waals surface area contributed by atoms with Gasteiger partial charge in [-0.15, -0.1) is 0 Å². The number of carbonyl (C=O) groups is 2. The second-order valence-electron chi connectivity index (χ2n) is 12.5. The highest BCUT2D eigenvalue weighted by molar-refractivity contribution is 6.83. The highest BCUT2D eigenvalue weighted by Crippen LogP contribution is 2.67. The molecular weight excluding hydrogens is 449 g/mol. The molecule has 0 aliphatic heterocycles. The van der Waals surface area contributed by atoms with Crippen LogP contribution >= 0.6 is 0 Å². The highest BCUT2D eigenvalue weighted by atomic mass is 28.3. The Morgan fingerprint density at radius 1 is 0.735 bits per heavy atom. The van der Waals surface area contributed by atoms with Crippen LogP contribution in [-0.2, 0) is 0 Å². The van der Waals surface area contributed by atoms with E-state index in [-0.39, 0.29) is 23.4 Å². The summed E-state index contributed by atoms with van der Waals surface area (Å²) >= 11 is 0. The zero-order chi connectivity index (χ0) is 24.4. The van der Waals surface area contributed by atoms with Crippen molar-refractivity contribution >= 4 is 27.7 Å². The maximum atomic E-state index is 14.2. The number of benzene rings is 2. The third-order valence-corrected chi connectivity index (χ3v) is 13.6. The van der Waals surface area contributed by atoms with Crippen LogP contribution in [0.15, 0.2) is 83.1 Å². The Hall–Kier alpha value is -2.31. The Kier molecular flexibility index (Phi) is 5.60. The van der Waals surface area contributed by atoms with E-state index < -0.39 is 16.1 Å². The normalized spacial score (nSPS) is 28.2. The summed E-state index contributed by atoms with van der Waals surface area (Å²) < 4.78 is 0. The van der Waals surface area contributed by atoms with Crippen LogP contribution in [0.1, 0.15) is 27.1 Å². The molecule has 0 saturated heterocycles. The zero-order valence-electron chi connectivity index (χ0n) is 21.3. The molecule has 0 aromatic heterocycles. The van der Waals surface area contributed by atoms with Crippen LogP contribution in [0.2, 0.25) is 44.8 Å². The Bertz CT molecular complexity index is 1200. The van der Waals surface area contributed by atoms with Crippen LogP contribution in [0, 0.1) is 23.7 Å². The van der Waals surface area contributed by atoms with Gasteiger partial charge in [0.2, 0.25) is 0 Å². The molecule has 0 amide bonds. The summed E-state index contributed by atoms with van der Waals surface area (Å²) in [7, 11) is -3.09. The topological polar surface area (TPSA) is 34.1 Å². The minimum absolute atomic E-state index is 0.0515. The lowest BCUT2D eigenvalue weighted by Crippen LogP contribution is -2.59. The van der Waals surface area contributed by atoms with E-state index in [9.17, 15) is 9.59 Å². The molecular formula is C30H36O2Si2. The Balaban J connectivity index is 1.74. The summed E-state index contributed by atoms with van der Waals surface area (Å²) in [6.45, 7) is 14.6. The van der Waals surface area contributed by atoms with Crippen molar-refractivity contribution in [3.63, 3.8) is 0 Å². The molecule has 1 fully saturated rings. The molecule has 0 N–H and O–H groups in total. The molecule has 0 radical (unpaired) electrons. The lowest BCUT2D eigenvalue weighted by molar-refractivity contribution is 0.0648. The summed E-state index contributed by atoms with van der Waals surface area (Å²) in [6.07, 6.45) is 3.66. The quantitative estimate of drug-likeness (QED) is 0.315. The minimum Gasteiger partial charge on any atom is -0.289 e. The average molecular weight is 485 g/mol. The van der Waals surface area contributed by atoms with E-state index in [4.69, 9.17) is 0 Å². The number of ketones is 2. The molecule has 176 valence electrons. The van der Waals surface area contributed by atoms with E-state index >= 15 is 0 Å². The minimum atomic E-state index is -1.69. The molecule has 0 unspecified atom stereocenters. The first-order valence-corrected chi connectivity index (χ1v) is 19.7. The van der Waals surface area contributed by atoms with Gasteiger partial charge in [0.25, 0.3) is 0 Å². The smallest absolute Gasteiger partial charge is 0.190 e. The molecule has 2 aromatic rings. The van der Waals surface area contributed by atoms with Crippen LogP contribution in [-0.4, -0.2) is 27.7 Å². The molecule has 2 bridgehead atoms. The molecule has 4 heteroatoms. The van der Waals surface area contributed by atoms with E-state index in [1.165, 1.54) is 11.6 Å². The second kappa shape index (κ2) is 8.13. The SMILES string of the molecule is C[Si](C)(C)C1=C[C@@H]2C(C(=O)c3ccccc3)=C(C(=O)c3ccccc3)[C@H]1[C@H]1[C@@H]2C[C@@H]1[Si](C)(C)C. The first-order valence-electron chi connectivity index (χ1n) is 12.7. The number of hydrogen-bond acceptors (Lipinski definition) is 2. The van der Waals surface area contributed by atoms with Crippen LogP contribution < -0.4 is 0 Å². The third kappa shape index (κ3) is 3.66. The number of carbonyl (C=O) groups excluding carboxylic acids is 2. The molecule has 1 saturated carbocycles. The van der Waals surface area contributed by atoms with Crippen LogP contribution in [0.3, 0.4) is 0 Å². The lowest BCUT2D eigenvalue weighted by Gasteiger charge is -2.63. The zero-order valence-corrected chi connectivity index (χ0v) is 23.3. The number of rotatable bonds is 6. The Labute approximate surface area is 206 Å². The maximum absolute atomic E-state index is 14.2. The summed E-state index contributed by atoms with van der Waals surface area (Å²) in [5, 5.41) is 1.51. The van der Waals surface area contributed by atoms with Gasteiger partial charge in [0.1, 0.15) is 0 Å². The van der Waals surface area contributed by atoms with Crippen LogP contribution in [0.4, 0.5) is 0 Å². The van der Waals surface area contributed by atoms with E-state index in [2.05, 4.69) is 45.4 Å². The largest absolute Gasteiger partial charge is 0.289 e.